The van der Waals surface area contributed by atoms with E-state index < -0.39 is 71.2 Å². The van der Waals surface area contributed by atoms with Gasteiger partial charge in [0.15, 0.2) is 11.5 Å². The second-order valence-corrected chi connectivity index (χ2v) is 9.91. The molecule has 4 rings (SSSR count). The summed E-state index contributed by atoms with van der Waals surface area (Å²) in [6.45, 7) is 0.655. The molecule has 0 spiro atoms. The molecule has 1 unspecified atom stereocenters. The number of fused-ring (bicyclic) bond motifs is 1. The van der Waals surface area contributed by atoms with Crippen LogP contribution in [-0.2, 0) is 34.0 Å². The number of carbonyl (C=O) groups is 3. The Morgan fingerprint density at radius 2 is 1.76 bits per heavy atom. The molecular formula is C26H27B3FN3O9. The Morgan fingerprint density at radius 3 is 2.38 bits per heavy atom. The molecule has 16 heteroatoms. The lowest BCUT2D eigenvalue weighted by Gasteiger charge is -2.34. The van der Waals surface area contributed by atoms with Gasteiger partial charge in [-0.2, -0.15) is 0 Å². The summed E-state index contributed by atoms with van der Waals surface area (Å²) < 4.78 is 26.8. The Bertz CT molecular complexity index is 1440. The fraction of sp³-hybridized carbons (Fsp3) is 0.423. The number of ether oxygens (including phenoxy) is 2. The Labute approximate surface area is 244 Å². The van der Waals surface area contributed by atoms with E-state index in [0.717, 1.165) is 0 Å². The molecule has 2 aliphatic rings. The lowest BCUT2D eigenvalue weighted by Crippen LogP contribution is -2.58. The van der Waals surface area contributed by atoms with Gasteiger partial charge in [-0.1, -0.05) is 10.9 Å². The van der Waals surface area contributed by atoms with Crippen molar-refractivity contribution in [2.75, 3.05) is 33.4 Å². The fourth-order valence-corrected chi connectivity index (χ4v) is 5.08. The maximum Gasteiger partial charge on any atom is 0.273 e. The maximum absolute atomic E-state index is 15.8. The molecule has 0 aliphatic carbocycles. The second-order valence-electron chi connectivity index (χ2n) is 9.91. The average molecular weight is 577 g/mol. The summed E-state index contributed by atoms with van der Waals surface area (Å²) >= 11 is 0. The summed E-state index contributed by atoms with van der Waals surface area (Å²) in [7, 11) is 19.2. The van der Waals surface area contributed by atoms with Crippen molar-refractivity contribution in [3.63, 3.8) is 0 Å². The molecule has 1 atom stereocenters. The van der Waals surface area contributed by atoms with Gasteiger partial charge in [-0.25, -0.2) is 4.39 Å². The largest absolute Gasteiger partial charge is 0.508 e. The molecule has 2 aromatic rings. The summed E-state index contributed by atoms with van der Waals surface area (Å²) in [5, 5.41) is 45.0. The molecule has 2 aromatic carbocycles. The number of halogens is 1. The predicted octanol–water partition coefficient (Wildman–Crippen LogP) is -2.90. The van der Waals surface area contributed by atoms with Crippen LogP contribution in [0.4, 0.5) is 4.39 Å². The SMILES string of the molecule is [B]c1c([B])c(COc2c([B])c(O)c(O)c3c2CN(C(O)(CCC=O)C(=O)NC)C3=O)c(F)c(CN2CCOCC2)c1O. The smallest absolute Gasteiger partial charge is 0.273 e. The highest BCUT2D eigenvalue weighted by Crippen LogP contribution is 2.43. The van der Waals surface area contributed by atoms with E-state index in [1.165, 1.54) is 7.05 Å². The summed E-state index contributed by atoms with van der Waals surface area (Å²) in [4.78, 5) is 39.5. The van der Waals surface area contributed by atoms with Gasteiger partial charge in [0, 0.05) is 56.2 Å². The number of aliphatic hydroxyl groups is 1. The standard InChI is InChI=1S/C26H27B3FN3O9/c1-31-25(39)26(40,3-2-6-34)33-10-12-15(24(33)38)21(36)22(37)18(29)23(12)42-11-14-16(27)17(28)20(35)13(19(14)30)9-32-4-7-41-8-5-32/h6,35-37,40H,2-5,7-11H2,1H3,(H,31,39). The van der Waals surface area contributed by atoms with Gasteiger partial charge in [0.05, 0.1) is 25.3 Å². The van der Waals surface area contributed by atoms with E-state index in [1.807, 2.05) is 4.90 Å². The number of carbonyl (C=O) groups excluding carboxylic acids is 3. The number of hydrogen-bond donors (Lipinski definition) is 5. The van der Waals surface area contributed by atoms with E-state index in [0.29, 0.717) is 37.5 Å². The fourth-order valence-electron chi connectivity index (χ4n) is 5.08. The first kappa shape index (κ1) is 31.2. The third-order valence-corrected chi connectivity index (χ3v) is 7.49. The number of aromatic hydroxyl groups is 3. The first-order chi connectivity index (χ1) is 19.9. The molecule has 0 aromatic heterocycles. The van der Waals surface area contributed by atoms with Gasteiger partial charge in [0.25, 0.3) is 11.8 Å². The van der Waals surface area contributed by atoms with Crippen molar-refractivity contribution in [2.45, 2.75) is 38.3 Å². The van der Waals surface area contributed by atoms with Crippen LogP contribution in [0.2, 0.25) is 0 Å². The van der Waals surface area contributed by atoms with Crippen molar-refractivity contribution >= 4 is 58.0 Å². The number of benzene rings is 2. The van der Waals surface area contributed by atoms with Gasteiger partial charge in [0.2, 0.25) is 5.72 Å². The van der Waals surface area contributed by atoms with Crippen LogP contribution < -0.4 is 26.4 Å². The van der Waals surface area contributed by atoms with Crippen molar-refractivity contribution < 1.29 is 48.7 Å². The molecule has 2 amide bonds. The molecular weight excluding hydrogens is 550 g/mol. The van der Waals surface area contributed by atoms with Crippen LogP contribution >= 0.6 is 0 Å². The number of phenolic OH excluding ortho intramolecular Hbond substituents is 3. The van der Waals surface area contributed by atoms with Crippen LogP contribution in [0, 0.1) is 5.82 Å². The average Bonchev–Trinajstić information content (AvgIpc) is 3.34. The highest BCUT2D eigenvalue weighted by molar-refractivity contribution is 6.50. The van der Waals surface area contributed by atoms with Crippen molar-refractivity contribution in [2.24, 2.45) is 0 Å². The number of likely N-dealkylation sites (N-methyl/N-ethyl adjacent to an activating group) is 1. The minimum atomic E-state index is -2.52. The summed E-state index contributed by atoms with van der Waals surface area (Å²) in [5.74, 6) is -5.70. The van der Waals surface area contributed by atoms with Crippen molar-refractivity contribution in [1.82, 2.24) is 15.1 Å². The molecule has 12 nitrogen and oxygen atoms in total. The van der Waals surface area contributed by atoms with E-state index in [2.05, 4.69) is 5.32 Å². The number of amides is 2. The molecule has 1 saturated heterocycles. The number of nitrogens with one attached hydrogen (secondary N) is 1. The van der Waals surface area contributed by atoms with Gasteiger partial charge < -0.3 is 40.0 Å². The number of nitrogens with zero attached hydrogens (tertiary/aromatic N) is 2. The number of aldehydes is 1. The maximum atomic E-state index is 15.8. The highest BCUT2D eigenvalue weighted by Gasteiger charge is 2.50. The molecule has 0 saturated carbocycles. The van der Waals surface area contributed by atoms with Gasteiger partial charge in [-0.15, -0.1) is 0 Å². The Balaban J connectivity index is 1.73. The Kier molecular flexibility index (Phi) is 9.09. The number of morpholine rings is 1. The zero-order chi connectivity index (χ0) is 30.9. The summed E-state index contributed by atoms with van der Waals surface area (Å²) in [6.07, 6.45) is -0.317. The van der Waals surface area contributed by atoms with Crippen molar-refractivity contribution in [1.29, 1.82) is 0 Å². The van der Waals surface area contributed by atoms with Gasteiger partial charge in [-0.05, 0) is 5.46 Å². The minimum Gasteiger partial charge on any atom is -0.508 e. The molecule has 42 heavy (non-hydrogen) atoms. The van der Waals surface area contributed by atoms with E-state index in [9.17, 15) is 34.8 Å². The highest BCUT2D eigenvalue weighted by atomic mass is 19.1. The Morgan fingerprint density at radius 1 is 1.10 bits per heavy atom. The topological polar surface area (TPSA) is 169 Å². The third-order valence-electron chi connectivity index (χ3n) is 7.49. The number of hydrogen-bond acceptors (Lipinski definition) is 10. The van der Waals surface area contributed by atoms with Gasteiger partial charge >= 0.3 is 0 Å². The first-order valence-electron chi connectivity index (χ1n) is 12.9. The summed E-state index contributed by atoms with van der Waals surface area (Å²) in [5.41, 5.74) is -4.64. The van der Waals surface area contributed by atoms with Gasteiger partial charge in [-0.3, -0.25) is 19.4 Å². The normalized spacial score (nSPS) is 16.6. The van der Waals surface area contributed by atoms with Crippen molar-refractivity contribution in [3.8, 4) is 23.0 Å². The monoisotopic (exact) mass is 577 g/mol. The Hall–Kier alpha value is -3.75. The molecule has 1 fully saturated rings. The van der Waals surface area contributed by atoms with E-state index in [4.69, 9.17) is 33.0 Å². The molecule has 2 heterocycles. The quantitative estimate of drug-likeness (QED) is 0.112. The number of rotatable bonds is 10. The third kappa shape index (κ3) is 5.29. The van der Waals surface area contributed by atoms with Crippen LogP contribution in [0.25, 0.3) is 0 Å². The van der Waals surface area contributed by atoms with Crippen LogP contribution in [0.15, 0.2) is 0 Å². The summed E-state index contributed by atoms with van der Waals surface area (Å²) in [6, 6.07) is 0. The van der Waals surface area contributed by atoms with Crippen molar-refractivity contribution in [3.05, 3.63) is 28.1 Å². The van der Waals surface area contributed by atoms with Crippen LogP contribution in [0.3, 0.4) is 0 Å². The lowest BCUT2D eigenvalue weighted by atomic mass is 9.75. The molecule has 216 valence electrons. The molecule has 2 aliphatic heterocycles. The predicted molar refractivity (Wildman–Crippen MR) is 149 cm³/mol. The molecule has 6 radical (unpaired) electrons. The lowest BCUT2D eigenvalue weighted by molar-refractivity contribution is -0.159. The second kappa shape index (κ2) is 12.2. The van der Waals surface area contributed by atoms with Crippen LogP contribution in [0.5, 0.6) is 23.0 Å². The zero-order valence-electron chi connectivity index (χ0n) is 22.8. The van der Waals surface area contributed by atoms with Gasteiger partial charge in [0.1, 0.15) is 53.7 Å². The first-order valence-corrected chi connectivity index (χ1v) is 12.9. The minimum absolute atomic E-state index is 0.00162. The van der Waals surface area contributed by atoms with Crippen LogP contribution in [-0.4, -0.2) is 111 Å². The number of phenols is 3. The molecule has 5 N–H and O–H groups in total. The van der Waals surface area contributed by atoms with E-state index in [1.54, 1.807) is 0 Å². The van der Waals surface area contributed by atoms with E-state index >= 15 is 4.39 Å². The molecule has 0 bridgehead atoms. The van der Waals surface area contributed by atoms with Crippen LogP contribution in [0.1, 0.15) is 39.9 Å². The van der Waals surface area contributed by atoms with E-state index in [-0.39, 0.29) is 46.3 Å². The zero-order valence-corrected chi connectivity index (χ0v) is 22.8.